The molecule has 172 valence electrons. The van der Waals surface area contributed by atoms with E-state index in [9.17, 15) is 28.0 Å². The van der Waals surface area contributed by atoms with Crippen molar-refractivity contribution in [3.63, 3.8) is 0 Å². The van der Waals surface area contributed by atoms with Crippen LogP contribution in [0.25, 0.3) is 0 Å². The number of urea groups is 1. The number of fused-ring (bicyclic) bond motifs is 1. The van der Waals surface area contributed by atoms with Crippen LogP contribution in [-0.2, 0) is 19.9 Å². The van der Waals surface area contributed by atoms with Crippen LogP contribution in [0.1, 0.15) is 12.5 Å². The van der Waals surface area contributed by atoms with Crippen molar-refractivity contribution in [2.75, 3.05) is 25.2 Å². The lowest BCUT2D eigenvalue weighted by atomic mass is 9.91. The maximum absolute atomic E-state index is 13.2. The average Bonchev–Trinajstić information content (AvgIpc) is 3.33. The lowest BCUT2D eigenvalue weighted by Crippen LogP contribution is -2.44. The zero-order valence-electron chi connectivity index (χ0n) is 17.2. The Balaban J connectivity index is 1.35. The van der Waals surface area contributed by atoms with Crippen molar-refractivity contribution in [2.45, 2.75) is 12.5 Å². The second kappa shape index (κ2) is 8.37. The molecule has 5 amide bonds. The van der Waals surface area contributed by atoms with E-state index in [-0.39, 0.29) is 12.5 Å². The SMILES string of the molecule is CC1(c2ccc3c(c2)OCO3)NC(=O)N(CC(=O)NCC(=O)Nc2ccc(F)c(F)c2)C1=O. The van der Waals surface area contributed by atoms with Crippen molar-refractivity contribution in [1.82, 2.24) is 15.5 Å². The van der Waals surface area contributed by atoms with E-state index >= 15 is 0 Å². The number of carbonyl (C=O) groups is 4. The monoisotopic (exact) mass is 460 g/mol. The fourth-order valence-corrected chi connectivity index (χ4v) is 3.40. The molecule has 0 aliphatic carbocycles. The molecule has 2 aliphatic rings. The molecule has 10 nitrogen and oxygen atoms in total. The molecule has 0 radical (unpaired) electrons. The number of ether oxygens (including phenoxy) is 2. The van der Waals surface area contributed by atoms with Gasteiger partial charge >= 0.3 is 6.03 Å². The molecular weight excluding hydrogens is 442 g/mol. The van der Waals surface area contributed by atoms with Crippen LogP contribution in [-0.4, -0.2) is 48.5 Å². The summed E-state index contributed by atoms with van der Waals surface area (Å²) in [4.78, 5) is 50.3. The third kappa shape index (κ3) is 4.27. The zero-order chi connectivity index (χ0) is 23.8. The van der Waals surface area contributed by atoms with Gasteiger partial charge in [-0.05, 0) is 36.8 Å². The van der Waals surface area contributed by atoms with Gasteiger partial charge in [-0.2, -0.15) is 0 Å². The number of anilines is 1. The Hall–Kier alpha value is -4.22. The second-order valence-electron chi connectivity index (χ2n) is 7.47. The Morgan fingerprint density at radius 1 is 1.06 bits per heavy atom. The Labute approximate surface area is 185 Å². The summed E-state index contributed by atoms with van der Waals surface area (Å²) in [5, 5.41) is 7.12. The first kappa shape index (κ1) is 22.0. The van der Waals surface area contributed by atoms with Crippen LogP contribution in [0.2, 0.25) is 0 Å². The number of carbonyl (C=O) groups excluding carboxylic acids is 4. The van der Waals surface area contributed by atoms with Crippen molar-refractivity contribution in [1.29, 1.82) is 0 Å². The Bertz CT molecular complexity index is 1170. The number of rotatable bonds is 6. The number of halogens is 2. The van der Waals surface area contributed by atoms with E-state index in [0.29, 0.717) is 17.1 Å². The standard InChI is InChI=1S/C21H18F2N4O6/c1-21(11-2-5-15-16(6-11)33-10-32-15)19(30)27(20(31)26-21)9-18(29)24-8-17(28)25-12-3-4-13(22)14(23)7-12/h2-7H,8-10H2,1H3,(H,24,29)(H,25,28)(H,26,31). The molecule has 4 rings (SSSR count). The maximum atomic E-state index is 13.2. The minimum Gasteiger partial charge on any atom is -0.454 e. The Kier molecular flexibility index (Phi) is 5.58. The highest BCUT2D eigenvalue weighted by atomic mass is 19.2. The average molecular weight is 460 g/mol. The van der Waals surface area contributed by atoms with Crippen LogP contribution in [0.3, 0.4) is 0 Å². The highest BCUT2D eigenvalue weighted by molar-refractivity contribution is 6.09. The number of hydrogen-bond acceptors (Lipinski definition) is 6. The van der Waals surface area contributed by atoms with Gasteiger partial charge in [-0.3, -0.25) is 19.3 Å². The molecular formula is C21H18F2N4O6. The third-order valence-electron chi connectivity index (χ3n) is 5.18. The van der Waals surface area contributed by atoms with E-state index in [1.54, 1.807) is 18.2 Å². The van der Waals surface area contributed by atoms with Gasteiger partial charge in [0.15, 0.2) is 23.1 Å². The van der Waals surface area contributed by atoms with Crippen LogP contribution in [0, 0.1) is 11.6 Å². The van der Waals surface area contributed by atoms with E-state index in [2.05, 4.69) is 16.0 Å². The normalized spacial score (nSPS) is 18.8. The summed E-state index contributed by atoms with van der Waals surface area (Å²) in [6, 6.07) is 6.81. The number of imide groups is 1. The van der Waals surface area contributed by atoms with Gasteiger partial charge in [-0.1, -0.05) is 6.07 Å². The van der Waals surface area contributed by atoms with Gasteiger partial charge in [0.25, 0.3) is 5.91 Å². The van der Waals surface area contributed by atoms with Crippen molar-refractivity contribution in [3.05, 3.63) is 53.6 Å². The molecule has 1 unspecified atom stereocenters. The maximum Gasteiger partial charge on any atom is 0.325 e. The van der Waals surface area contributed by atoms with Crippen molar-refractivity contribution < 1.29 is 37.4 Å². The molecule has 2 heterocycles. The van der Waals surface area contributed by atoms with Crippen LogP contribution in [0.4, 0.5) is 19.3 Å². The molecule has 0 bridgehead atoms. The summed E-state index contributed by atoms with van der Waals surface area (Å²) in [6.45, 7) is 0.411. The van der Waals surface area contributed by atoms with Gasteiger partial charge in [0.05, 0.1) is 6.54 Å². The molecule has 2 aromatic carbocycles. The van der Waals surface area contributed by atoms with Crippen molar-refractivity contribution in [2.24, 2.45) is 0 Å². The number of amides is 5. The summed E-state index contributed by atoms with van der Waals surface area (Å²) < 4.78 is 36.7. The van der Waals surface area contributed by atoms with E-state index in [1.807, 2.05) is 0 Å². The minimum absolute atomic E-state index is 0.00161. The predicted molar refractivity (Wildman–Crippen MR) is 108 cm³/mol. The number of benzene rings is 2. The smallest absolute Gasteiger partial charge is 0.325 e. The summed E-state index contributed by atoms with van der Waals surface area (Å²) in [7, 11) is 0. The van der Waals surface area contributed by atoms with Gasteiger partial charge in [-0.25, -0.2) is 13.6 Å². The van der Waals surface area contributed by atoms with E-state index in [0.717, 1.165) is 23.1 Å². The Morgan fingerprint density at radius 2 is 1.82 bits per heavy atom. The van der Waals surface area contributed by atoms with E-state index in [1.165, 1.54) is 6.92 Å². The number of nitrogens with zero attached hydrogens (tertiary/aromatic N) is 1. The molecule has 0 aromatic heterocycles. The number of nitrogens with one attached hydrogen (secondary N) is 3. The molecule has 3 N–H and O–H groups in total. The first-order valence-electron chi connectivity index (χ1n) is 9.73. The molecule has 0 spiro atoms. The highest BCUT2D eigenvalue weighted by Gasteiger charge is 2.49. The Morgan fingerprint density at radius 3 is 2.58 bits per heavy atom. The molecule has 1 fully saturated rings. The summed E-state index contributed by atoms with van der Waals surface area (Å²) in [5.74, 6) is -3.40. The summed E-state index contributed by atoms with van der Waals surface area (Å²) in [5.41, 5.74) is -0.983. The summed E-state index contributed by atoms with van der Waals surface area (Å²) in [6.07, 6.45) is 0. The molecule has 12 heteroatoms. The van der Waals surface area contributed by atoms with Crippen LogP contribution in [0.15, 0.2) is 36.4 Å². The first-order chi connectivity index (χ1) is 15.7. The van der Waals surface area contributed by atoms with E-state index < -0.39 is 54.0 Å². The highest BCUT2D eigenvalue weighted by Crippen LogP contribution is 2.37. The largest absolute Gasteiger partial charge is 0.454 e. The lowest BCUT2D eigenvalue weighted by Gasteiger charge is -2.22. The van der Waals surface area contributed by atoms with Crippen molar-refractivity contribution >= 4 is 29.4 Å². The first-order valence-corrected chi connectivity index (χ1v) is 9.73. The molecule has 1 saturated heterocycles. The third-order valence-corrected chi connectivity index (χ3v) is 5.18. The van der Waals surface area contributed by atoms with Crippen molar-refractivity contribution in [3.8, 4) is 11.5 Å². The second-order valence-corrected chi connectivity index (χ2v) is 7.47. The van der Waals surface area contributed by atoms with Gasteiger partial charge < -0.3 is 25.4 Å². The molecule has 0 saturated carbocycles. The van der Waals surface area contributed by atoms with Gasteiger partial charge in [0.1, 0.15) is 12.1 Å². The fourth-order valence-electron chi connectivity index (χ4n) is 3.40. The molecule has 1 atom stereocenters. The molecule has 2 aliphatic heterocycles. The quantitative estimate of drug-likeness (QED) is 0.557. The van der Waals surface area contributed by atoms with Crippen LogP contribution in [0.5, 0.6) is 11.5 Å². The zero-order valence-corrected chi connectivity index (χ0v) is 17.2. The molecule has 2 aromatic rings. The van der Waals surface area contributed by atoms with E-state index in [4.69, 9.17) is 9.47 Å². The van der Waals surface area contributed by atoms with Crippen LogP contribution >= 0.6 is 0 Å². The minimum atomic E-state index is -1.43. The van der Waals surface area contributed by atoms with Gasteiger partial charge in [0, 0.05) is 11.8 Å². The van der Waals surface area contributed by atoms with Crippen LogP contribution < -0.4 is 25.4 Å². The topological polar surface area (TPSA) is 126 Å². The lowest BCUT2D eigenvalue weighted by molar-refractivity contribution is -0.135. The van der Waals surface area contributed by atoms with Gasteiger partial charge in [0.2, 0.25) is 18.6 Å². The predicted octanol–water partition coefficient (Wildman–Crippen LogP) is 1.22. The fraction of sp³-hybridized carbons (Fsp3) is 0.238. The van der Waals surface area contributed by atoms with Gasteiger partial charge in [-0.15, -0.1) is 0 Å². The number of hydrogen-bond donors (Lipinski definition) is 3. The molecule has 33 heavy (non-hydrogen) atoms. The summed E-state index contributed by atoms with van der Waals surface area (Å²) >= 11 is 0.